The minimum atomic E-state index is -0.792. The third-order valence-corrected chi connectivity index (χ3v) is 7.78. The SMILES string of the molecule is C[C@@H](CNC(=O)c1c(F)cccc1Cl)C(=O)Oc1ccccc1N1C(=O)C2(CCOCC2)c2cccc(Cl)c21. The highest BCUT2D eigenvalue weighted by Crippen LogP contribution is 2.54. The summed E-state index contributed by atoms with van der Waals surface area (Å²) >= 11 is 12.6. The smallest absolute Gasteiger partial charge is 0.315 e. The summed E-state index contributed by atoms with van der Waals surface area (Å²) in [4.78, 5) is 41.1. The van der Waals surface area contributed by atoms with Crippen molar-refractivity contribution in [2.75, 3.05) is 24.7 Å². The Bertz CT molecular complexity index is 1440. The van der Waals surface area contributed by atoms with Gasteiger partial charge in [0.1, 0.15) is 5.82 Å². The van der Waals surface area contributed by atoms with E-state index < -0.39 is 29.0 Å². The predicted octanol–water partition coefficient (Wildman–Crippen LogP) is 5.83. The number of carbonyl (C=O) groups is 3. The van der Waals surface area contributed by atoms with E-state index in [0.717, 1.165) is 11.6 Å². The molecule has 2 amide bonds. The Labute approximate surface area is 234 Å². The summed E-state index contributed by atoms with van der Waals surface area (Å²) in [5, 5.41) is 2.90. The molecule has 1 atom stereocenters. The maximum Gasteiger partial charge on any atom is 0.315 e. The van der Waals surface area contributed by atoms with Gasteiger partial charge in [0.15, 0.2) is 5.75 Å². The first-order valence-electron chi connectivity index (χ1n) is 12.5. The largest absolute Gasteiger partial charge is 0.424 e. The maximum absolute atomic E-state index is 14.1. The Morgan fingerprint density at radius 2 is 1.74 bits per heavy atom. The number of anilines is 2. The van der Waals surface area contributed by atoms with E-state index in [1.165, 1.54) is 17.0 Å². The van der Waals surface area contributed by atoms with Crippen LogP contribution in [0, 0.1) is 11.7 Å². The first-order valence-corrected chi connectivity index (χ1v) is 13.2. The summed E-state index contributed by atoms with van der Waals surface area (Å²) in [7, 11) is 0. The zero-order valence-electron chi connectivity index (χ0n) is 21.0. The predicted molar refractivity (Wildman–Crippen MR) is 145 cm³/mol. The number of rotatable bonds is 6. The molecule has 0 aliphatic carbocycles. The number of halogens is 3. The van der Waals surface area contributed by atoms with Crippen molar-refractivity contribution in [3.63, 3.8) is 0 Å². The average Bonchev–Trinajstić information content (AvgIpc) is 3.16. The monoisotopic (exact) mass is 570 g/mol. The number of amides is 2. The van der Waals surface area contributed by atoms with Crippen LogP contribution in [-0.2, 0) is 19.7 Å². The van der Waals surface area contributed by atoms with Crippen LogP contribution in [0.25, 0.3) is 0 Å². The number of benzene rings is 3. The Morgan fingerprint density at radius 1 is 1.05 bits per heavy atom. The second kappa shape index (κ2) is 11.0. The molecule has 0 radical (unpaired) electrons. The van der Waals surface area contributed by atoms with Crippen LogP contribution in [0.5, 0.6) is 5.75 Å². The zero-order chi connectivity index (χ0) is 27.7. The molecule has 0 aromatic heterocycles. The second-order valence-electron chi connectivity index (χ2n) is 9.57. The molecule has 5 rings (SSSR count). The number of para-hydroxylation sites is 3. The van der Waals surface area contributed by atoms with Gasteiger partial charge in [-0.25, -0.2) is 4.39 Å². The van der Waals surface area contributed by atoms with Crippen molar-refractivity contribution in [3.8, 4) is 5.75 Å². The zero-order valence-corrected chi connectivity index (χ0v) is 22.5. The maximum atomic E-state index is 14.1. The average molecular weight is 571 g/mol. The van der Waals surface area contributed by atoms with Gasteiger partial charge in [-0.3, -0.25) is 19.3 Å². The molecule has 0 unspecified atom stereocenters. The molecule has 3 aromatic carbocycles. The summed E-state index contributed by atoms with van der Waals surface area (Å²) < 4.78 is 25.4. The van der Waals surface area contributed by atoms with E-state index in [-0.39, 0.29) is 28.8 Å². The summed E-state index contributed by atoms with van der Waals surface area (Å²) in [6, 6.07) is 16.1. The molecule has 2 aliphatic rings. The van der Waals surface area contributed by atoms with Crippen LogP contribution in [0.15, 0.2) is 60.7 Å². The number of ether oxygens (including phenoxy) is 2. The molecule has 10 heteroatoms. The van der Waals surface area contributed by atoms with E-state index in [1.54, 1.807) is 37.3 Å². The van der Waals surface area contributed by atoms with Gasteiger partial charge in [-0.2, -0.15) is 0 Å². The molecular weight excluding hydrogens is 546 g/mol. The lowest BCUT2D eigenvalue weighted by Gasteiger charge is -2.32. The molecule has 1 N–H and O–H groups in total. The number of nitrogens with one attached hydrogen (secondary N) is 1. The van der Waals surface area contributed by atoms with E-state index in [2.05, 4.69) is 5.32 Å². The molecule has 39 heavy (non-hydrogen) atoms. The number of fused-ring (bicyclic) bond motifs is 2. The second-order valence-corrected chi connectivity index (χ2v) is 10.4. The lowest BCUT2D eigenvalue weighted by Crippen LogP contribution is -2.42. The molecule has 0 bridgehead atoms. The van der Waals surface area contributed by atoms with Crippen LogP contribution in [0.2, 0.25) is 10.0 Å². The van der Waals surface area contributed by atoms with Gasteiger partial charge in [-0.05, 0) is 48.7 Å². The van der Waals surface area contributed by atoms with E-state index >= 15 is 0 Å². The number of hydrogen-bond donors (Lipinski definition) is 1. The van der Waals surface area contributed by atoms with Gasteiger partial charge >= 0.3 is 5.97 Å². The van der Waals surface area contributed by atoms with E-state index in [1.807, 2.05) is 12.1 Å². The minimum absolute atomic E-state index is 0.0341. The fourth-order valence-electron chi connectivity index (χ4n) is 5.06. The van der Waals surface area contributed by atoms with Gasteiger partial charge in [0, 0.05) is 19.8 Å². The third-order valence-electron chi connectivity index (χ3n) is 7.16. The fraction of sp³-hybridized carbons (Fsp3) is 0.276. The van der Waals surface area contributed by atoms with Crippen molar-refractivity contribution < 1.29 is 28.2 Å². The lowest BCUT2D eigenvalue weighted by molar-refractivity contribution is -0.138. The number of nitrogens with zero attached hydrogens (tertiary/aromatic N) is 1. The quantitative estimate of drug-likeness (QED) is 0.297. The first kappa shape index (κ1) is 27.1. The molecule has 1 spiro atoms. The summed E-state index contributed by atoms with van der Waals surface area (Å²) in [5.41, 5.74) is 0.698. The first-order chi connectivity index (χ1) is 18.7. The van der Waals surface area contributed by atoms with Gasteiger partial charge in [0.05, 0.1) is 38.3 Å². The molecule has 0 saturated carbocycles. The highest BCUT2D eigenvalue weighted by molar-refractivity contribution is 6.36. The van der Waals surface area contributed by atoms with Crippen molar-refractivity contribution in [2.45, 2.75) is 25.2 Å². The standard InChI is InChI=1S/C29H25Cl2FN2O5/c1-17(16-33-26(35)24-19(30)7-5-9-21(24)32)27(36)39-23-11-3-2-10-22(23)34-25-18(6-4-8-20(25)31)29(28(34)37)12-14-38-15-13-29/h2-11,17H,12-16H2,1H3,(H,33,35)/t17-/m0/s1. The topological polar surface area (TPSA) is 84.9 Å². The molecule has 7 nitrogen and oxygen atoms in total. The van der Waals surface area contributed by atoms with Crippen molar-refractivity contribution in [1.29, 1.82) is 0 Å². The highest BCUT2D eigenvalue weighted by atomic mass is 35.5. The Kier molecular flexibility index (Phi) is 7.62. The van der Waals surface area contributed by atoms with Gasteiger partial charge in [-0.15, -0.1) is 0 Å². The lowest BCUT2D eigenvalue weighted by atomic mass is 9.75. The van der Waals surface area contributed by atoms with E-state index in [4.69, 9.17) is 32.7 Å². The van der Waals surface area contributed by atoms with Crippen LogP contribution >= 0.6 is 23.2 Å². The Hall–Kier alpha value is -3.46. The Balaban J connectivity index is 1.37. The number of hydrogen-bond acceptors (Lipinski definition) is 5. The minimum Gasteiger partial charge on any atom is -0.424 e. The number of carbonyl (C=O) groups excluding carboxylic acids is 3. The van der Waals surface area contributed by atoms with Gasteiger partial charge in [0.25, 0.3) is 5.91 Å². The van der Waals surface area contributed by atoms with Gasteiger partial charge in [-0.1, -0.05) is 60.5 Å². The van der Waals surface area contributed by atoms with E-state index in [0.29, 0.717) is 42.5 Å². The number of esters is 1. The summed E-state index contributed by atoms with van der Waals surface area (Å²) in [6.07, 6.45) is 1.03. The normalized spacial score (nSPS) is 16.6. The van der Waals surface area contributed by atoms with Crippen molar-refractivity contribution >= 4 is 52.4 Å². The summed E-state index contributed by atoms with van der Waals surface area (Å²) in [6.45, 7) is 2.34. The molecule has 202 valence electrons. The van der Waals surface area contributed by atoms with Crippen LogP contribution < -0.4 is 15.0 Å². The fourth-order valence-corrected chi connectivity index (χ4v) is 5.57. The van der Waals surface area contributed by atoms with Crippen LogP contribution in [0.4, 0.5) is 15.8 Å². The van der Waals surface area contributed by atoms with Gasteiger partial charge in [0.2, 0.25) is 5.91 Å². The molecule has 2 heterocycles. The molecule has 2 aliphatic heterocycles. The van der Waals surface area contributed by atoms with Crippen molar-refractivity contribution in [2.24, 2.45) is 5.92 Å². The molecule has 1 fully saturated rings. The molecule has 1 saturated heterocycles. The summed E-state index contributed by atoms with van der Waals surface area (Å²) in [5.74, 6) is -2.93. The third kappa shape index (κ3) is 4.88. The molecule has 3 aromatic rings. The molecular formula is C29H25Cl2FN2O5. The van der Waals surface area contributed by atoms with Crippen LogP contribution in [-0.4, -0.2) is 37.5 Å². The van der Waals surface area contributed by atoms with Gasteiger partial charge < -0.3 is 14.8 Å². The van der Waals surface area contributed by atoms with Crippen molar-refractivity contribution in [1.82, 2.24) is 5.32 Å². The van der Waals surface area contributed by atoms with Crippen molar-refractivity contribution in [3.05, 3.63) is 87.7 Å². The van der Waals surface area contributed by atoms with E-state index in [9.17, 15) is 18.8 Å². The highest BCUT2D eigenvalue weighted by Gasteiger charge is 2.53. The Morgan fingerprint density at radius 3 is 2.49 bits per heavy atom. The van der Waals surface area contributed by atoms with Crippen LogP contribution in [0.1, 0.15) is 35.7 Å². The van der Waals surface area contributed by atoms with Crippen LogP contribution in [0.3, 0.4) is 0 Å².